The summed E-state index contributed by atoms with van der Waals surface area (Å²) in [5, 5.41) is 12.0. The molecule has 23 heavy (non-hydrogen) atoms. The summed E-state index contributed by atoms with van der Waals surface area (Å²) >= 11 is 0.521. The van der Waals surface area contributed by atoms with E-state index in [0.717, 1.165) is 0 Å². The first-order valence-corrected chi connectivity index (χ1v) is 7.57. The Kier molecular flexibility index (Phi) is 7.72. The van der Waals surface area contributed by atoms with Crippen molar-refractivity contribution in [1.82, 2.24) is 0 Å². The molecule has 126 valence electrons. The SMILES string of the molecule is C=C(/C(N)=C(/SC)C(F)(F)F)c1cc(C#N)ccc1NCC.O. The summed E-state index contributed by atoms with van der Waals surface area (Å²) < 4.78 is 38.9. The molecule has 0 fully saturated rings. The lowest BCUT2D eigenvalue weighted by Crippen LogP contribution is -2.16. The Morgan fingerprint density at radius 2 is 2.04 bits per heavy atom. The van der Waals surface area contributed by atoms with Crippen LogP contribution >= 0.6 is 11.8 Å². The van der Waals surface area contributed by atoms with Crippen LogP contribution in [0.4, 0.5) is 18.9 Å². The minimum atomic E-state index is -4.54. The van der Waals surface area contributed by atoms with Crippen molar-refractivity contribution in [3.05, 3.63) is 46.5 Å². The van der Waals surface area contributed by atoms with Crippen LogP contribution in [0.25, 0.3) is 5.57 Å². The summed E-state index contributed by atoms with van der Waals surface area (Å²) in [6.45, 7) is 6.11. The first-order valence-electron chi connectivity index (χ1n) is 6.34. The molecule has 1 aromatic rings. The predicted molar refractivity (Wildman–Crippen MR) is 88.8 cm³/mol. The molecule has 0 saturated carbocycles. The molecular weight excluding hydrogens is 327 g/mol. The topological polar surface area (TPSA) is 93.3 Å². The van der Waals surface area contributed by atoms with E-state index in [1.807, 2.05) is 13.0 Å². The van der Waals surface area contributed by atoms with Gasteiger partial charge in [-0.1, -0.05) is 6.58 Å². The summed E-state index contributed by atoms with van der Waals surface area (Å²) in [4.78, 5) is -0.901. The zero-order chi connectivity index (χ0) is 16.9. The van der Waals surface area contributed by atoms with Crippen LogP contribution in [0.15, 0.2) is 35.4 Å². The third kappa shape index (κ3) is 4.94. The molecule has 5 N–H and O–H groups in total. The summed E-state index contributed by atoms with van der Waals surface area (Å²) in [5.41, 5.74) is 6.56. The fraction of sp³-hybridized carbons (Fsp3) is 0.267. The van der Waals surface area contributed by atoms with Gasteiger partial charge in [-0.25, -0.2) is 0 Å². The minimum absolute atomic E-state index is 0. The monoisotopic (exact) mass is 345 g/mol. The lowest BCUT2D eigenvalue weighted by Gasteiger charge is -2.17. The van der Waals surface area contributed by atoms with Crippen molar-refractivity contribution in [3.63, 3.8) is 0 Å². The van der Waals surface area contributed by atoms with E-state index in [1.165, 1.54) is 12.3 Å². The fourth-order valence-corrected chi connectivity index (χ4v) is 2.44. The molecule has 0 heterocycles. The van der Waals surface area contributed by atoms with Gasteiger partial charge in [0.15, 0.2) is 0 Å². The van der Waals surface area contributed by atoms with Gasteiger partial charge in [-0.2, -0.15) is 18.4 Å². The van der Waals surface area contributed by atoms with E-state index in [-0.39, 0.29) is 11.0 Å². The van der Waals surface area contributed by atoms with Crippen LogP contribution in [-0.4, -0.2) is 24.5 Å². The van der Waals surface area contributed by atoms with Gasteiger partial charge in [-0.05, 0) is 31.4 Å². The number of benzene rings is 1. The van der Waals surface area contributed by atoms with Crippen molar-refractivity contribution in [1.29, 1.82) is 5.26 Å². The molecule has 0 saturated heterocycles. The van der Waals surface area contributed by atoms with E-state index in [1.54, 1.807) is 12.1 Å². The van der Waals surface area contributed by atoms with Gasteiger partial charge >= 0.3 is 6.18 Å². The van der Waals surface area contributed by atoms with Gasteiger partial charge in [0.05, 0.1) is 17.3 Å². The molecule has 0 bridgehead atoms. The average Bonchev–Trinajstić information content (AvgIpc) is 2.46. The average molecular weight is 345 g/mol. The van der Waals surface area contributed by atoms with Crippen molar-refractivity contribution < 1.29 is 18.6 Å². The maximum atomic E-state index is 13.0. The quantitative estimate of drug-likeness (QED) is 0.801. The van der Waals surface area contributed by atoms with Gasteiger partial charge in [0.25, 0.3) is 0 Å². The molecule has 0 aliphatic heterocycles. The molecule has 8 heteroatoms. The van der Waals surface area contributed by atoms with Crippen molar-refractivity contribution in [2.24, 2.45) is 5.73 Å². The number of halogens is 3. The predicted octanol–water partition coefficient (Wildman–Crippen LogP) is 3.27. The van der Waals surface area contributed by atoms with Crippen LogP contribution in [0.3, 0.4) is 0 Å². The summed E-state index contributed by atoms with van der Waals surface area (Å²) in [7, 11) is 0. The van der Waals surface area contributed by atoms with Gasteiger partial charge in [-0.3, -0.25) is 0 Å². The van der Waals surface area contributed by atoms with Crippen molar-refractivity contribution in [3.8, 4) is 6.07 Å². The van der Waals surface area contributed by atoms with Gasteiger partial charge in [0.2, 0.25) is 0 Å². The van der Waals surface area contributed by atoms with E-state index in [9.17, 15) is 13.2 Å². The number of hydrogen-bond acceptors (Lipinski definition) is 4. The molecule has 0 atom stereocenters. The second-order valence-corrected chi connectivity index (χ2v) is 5.14. The standard InChI is InChI=1S/C15H16F3N3S.H2O/c1-4-21-12-6-5-10(8-19)7-11(12)9(2)13(20)14(22-3)15(16,17)18;/h5-7,21H,2,4,20H2,1,3H3;1H2/b14-13-;. The largest absolute Gasteiger partial charge is 0.424 e. The number of nitrogens with zero attached hydrogens (tertiary/aromatic N) is 1. The zero-order valence-corrected chi connectivity index (χ0v) is 13.5. The number of hydrogen-bond donors (Lipinski definition) is 2. The smallest absolute Gasteiger partial charge is 0.412 e. The Balaban J connectivity index is 0.00000484. The summed E-state index contributed by atoms with van der Waals surface area (Å²) in [5.74, 6) is 0. The lowest BCUT2D eigenvalue weighted by atomic mass is 9.99. The number of rotatable bonds is 5. The third-order valence-electron chi connectivity index (χ3n) is 2.87. The maximum Gasteiger partial charge on any atom is 0.424 e. The highest BCUT2D eigenvalue weighted by Crippen LogP contribution is 2.38. The van der Waals surface area contributed by atoms with Crippen LogP contribution in [0.1, 0.15) is 18.1 Å². The highest BCUT2D eigenvalue weighted by molar-refractivity contribution is 8.02. The maximum absolute atomic E-state index is 13.0. The molecule has 0 unspecified atom stereocenters. The molecule has 0 amide bonds. The molecule has 4 nitrogen and oxygen atoms in total. The van der Waals surface area contributed by atoms with E-state index in [0.29, 0.717) is 35.1 Å². The number of anilines is 1. The molecule has 0 aromatic heterocycles. The van der Waals surface area contributed by atoms with Gasteiger partial charge in [0.1, 0.15) is 4.91 Å². The number of alkyl halides is 3. The van der Waals surface area contributed by atoms with Crippen LogP contribution < -0.4 is 11.1 Å². The second-order valence-electron chi connectivity index (χ2n) is 4.33. The number of nitrogens with two attached hydrogens (primary N) is 1. The molecule has 1 aromatic carbocycles. The van der Waals surface area contributed by atoms with Crippen LogP contribution in [-0.2, 0) is 0 Å². The molecular formula is C15H18F3N3OS. The first kappa shape index (κ1) is 20.9. The Morgan fingerprint density at radius 3 is 2.48 bits per heavy atom. The van der Waals surface area contributed by atoms with E-state index < -0.39 is 16.8 Å². The summed E-state index contributed by atoms with van der Waals surface area (Å²) in [6.07, 6.45) is -3.24. The van der Waals surface area contributed by atoms with Gasteiger partial charge in [-0.15, -0.1) is 11.8 Å². The number of allylic oxidation sites excluding steroid dienone is 2. The van der Waals surface area contributed by atoms with E-state index in [2.05, 4.69) is 11.9 Å². The van der Waals surface area contributed by atoms with Crippen molar-refractivity contribution in [2.75, 3.05) is 18.1 Å². The fourth-order valence-electron chi connectivity index (χ4n) is 1.87. The Labute approximate surface area is 137 Å². The minimum Gasteiger partial charge on any atom is -0.412 e. The zero-order valence-electron chi connectivity index (χ0n) is 12.7. The normalized spacial score (nSPS) is 11.8. The van der Waals surface area contributed by atoms with Crippen LogP contribution in [0.2, 0.25) is 0 Å². The van der Waals surface area contributed by atoms with Gasteiger partial charge in [0, 0.05) is 23.4 Å². The number of nitriles is 1. The Bertz CT molecular complexity index is 648. The highest BCUT2D eigenvalue weighted by atomic mass is 32.2. The second kappa shape index (κ2) is 8.50. The molecule has 0 radical (unpaired) electrons. The highest BCUT2D eigenvalue weighted by Gasteiger charge is 2.36. The van der Waals surface area contributed by atoms with Crippen LogP contribution in [0.5, 0.6) is 0 Å². The molecule has 0 aliphatic carbocycles. The van der Waals surface area contributed by atoms with Crippen molar-refractivity contribution in [2.45, 2.75) is 13.1 Å². The van der Waals surface area contributed by atoms with Crippen LogP contribution in [0, 0.1) is 11.3 Å². The lowest BCUT2D eigenvalue weighted by molar-refractivity contribution is -0.0841. The summed E-state index contributed by atoms with van der Waals surface area (Å²) in [6, 6.07) is 6.63. The Hall–Kier alpha value is -2.11. The molecule has 1 rings (SSSR count). The Morgan fingerprint density at radius 1 is 1.43 bits per heavy atom. The number of nitrogens with one attached hydrogen (secondary N) is 1. The number of thioether (sulfide) groups is 1. The molecule has 0 spiro atoms. The molecule has 0 aliphatic rings. The first-order chi connectivity index (χ1) is 10.3. The van der Waals surface area contributed by atoms with Crippen molar-refractivity contribution >= 4 is 23.0 Å². The van der Waals surface area contributed by atoms with Gasteiger partial charge < -0.3 is 16.5 Å². The third-order valence-corrected chi connectivity index (χ3v) is 3.73. The van der Waals surface area contributed by atoms with E-state index in [4.69, 9.17) is 11.0 Å². The van der Waals surface area contributed by atoms with E-state index >= 15 is 0 Å².